The summed E-state index contributed by atoms with van der Waals surface area (Å²) in [7, 11) is 0. The summed E-state index contributed by atoms with van der Waals surface area (Å²) in [6, 6.07) is 11.2. The Morgan fingerprint density at radius 3 is 2.68 bits per heavy atom. The van der Waals surface area contributed by atoms with E-state index in [4.69, 9.17) is 0 Å². The molecule has 0 aliphatic rings. The Morgan fingerprint density at radius 1 is 1.13 bits per heavy atom. The van der Waals surface area contributed by atoms with Crippen molar-refractivity contribution in [1.82, 2.24) is 25.4 Å². The molecule has 0 saturated carbocycles. The molecule has 0 unspecified atom stereocenters. The Morgan fingerprint density at radius 2 is 1.94 bits per heavy atom. The minimum Gasteiger partial charge on any atom is -0.298 e. The summed E-state index contributed by atoms with van der Waals surface area (Å²) in [5.41, 5.74) is 7.73. The first-order valence-electron chi connectivity index (χ1n) is 9.56. The van der Waals surface area contributed by atoms with E-state index in [2.05, 4.69) is 20.8 Å². The molecule has 9 heteroatoms. The van der Waals surface area contributed by atoms with Crippen molar-refractivity contribution < 1.29 is 9.59 Å². The van der Waals surface area contributed by atoms with E-state index in [0.717, 1.165) is 16.7 Å². The number of hydrogen-bond acceptors (Lipinski definition) is 6. The number of pyridine rings is 1. The maximum atomic E-state index is 13.0. The number of nitrogens with one attached hydrogen (secondary N) is 2. The normalized spacial score (nSPS) is 10.7. The second-order valence-electron chi connectivity index (χ2n) is 6.93. The molecule has 1 aromatic carbocycles. The number of hydrazine groups is 1. The molecule has 0 bridgehead atoms. The number of rotatable bonds is 5. The number of fused-ring (bicyclic) bond motifs is 1. The first-order valence-corrected chi connectivity index (χ1v) is 10.4. The number of amides is 2. The first-order chi connectivity index (χ1) is 15.0. The highest BCUT2D eigenvalue weighted by molar-refractivity contribution is 7.17. The van der Waals surface area contributed by atoms with Crippen LogP contribution in [0.1, 0.15) is 22.3 Å². The molecular weight excluding hydrogens is 414 g/mol. The van der Waals surface area contributed by atoms with Gasteiger partial charge in [-0.3, -0.25) is 34.8 Å². The molecule has 0 saturated heterocycles. The number of carbonyl (C=O) groups is 2. The number of aryl methyl sites for hydroxylation is 2. The molecule has 8 nitrogen and oxygen atoms in total. The molecule has 156 valence electrons. The van der Waals surface area contributed by atoms with Gasteiger partial charge in [-0.05, 0) is 24.6 Å². The molecule has 0 aliphatic heterocycles. The maximum absolute atomic E-state index is 13.0. The molecule has 0 spiro atoms. The van der Waals surface area contributed by atoms with E-state index in [0.29, 0.717) is 15.8 Å². The standard InChI is InChI=1S/C22H19N5O3S/c1-14-4-6-15(7-5-14)17-12-31-21-19(17)22(30)27(13-24-21)10-8-18(28)25-26-20(29)16-3-2-9-23-11-16/h2-7,9,11-13H,8,10H2,1H3,(H,25,28)(H,26,29). The Kier molecular flexibility index (Phi) is 5.85. The van der Waals surface area contributed by atoms with Crippen LogP contribution in [0.4, 0.5) is 0 Å². The van der Waals surface area contributed by atoms with Crippen LogP contribution in [0, 0.1) is 6.92 Å². The Balaban J connectivity index is 1.45. The van der Waals surface area contributed by atoms with E-state index >= 15 is 0 Å². The molecule has 0 fully saturated rings. The molecule has 0 atom stereocenters. The largest absolute Gasteiger partial charge is 0.298 e. The second kappa shape index (κ2) is 8.88. The molecule has 3 heterocycles. The fourth-order valence-corrected chi connectivity index (χ4v) is 3.96. The minimum absolute atomic E-state index is 0.00438. The average molecular weight is 433 g/mol. The number of nitrogens with zero attached hydrogens (tertiary/aromatic N) is 3. The fourth-order valence-electron chi connectivity index (χ4n) is 3.05. The fraction of sp³-hybridized carbons (Fsp3) is 0.136. The van der Waals surface area contributed by atoms with E-state index in [1.165, 1.54) is 28.4 Å². The quantitative estimate of drug-likeness (QED) is 0.471. The summed E-state index contributed by atoms with van der Waals surface area (Å²) < 4.78 is 1.41. The molecule has 0 radical (unpaired) electrons. The zero-order chi connectivity index (χ0) is 21.8. The van der Waals surface area contributed by atoms with Crippen LogP contribution in [0.15, 0.2) is 65.3 Å². The number of benzene rings is 1. The van der Waals surface area contributed by atoms with Gasteiger partial charge in [-0.1, -0.05) is 29.8 Å². The molecule has 4 aromatic rings. The highest BCUT2D eigenvalue weighted by atomic mass is 32.1. The van der Waals surface area contributed by atoms with Gasteiger partial charge in [0.25, 0.3) is 11.5 Å². The van der Waals surface area contributed by atoms with Gasteiger partial charge in [-0.15, -0.1) is 11.3 Å². The van der Waals surface area contributed by atoms with Crippen molar-refractivity contribution >= 4 is 33.4 Å². The average Bonchev–Trinajstić information content (AvgIpc) is 3.23. The zero-order valence-electron chi connectivity index (χ0n) is 16.7. The van der Waals surface area contributed by atoms with Crippen LogP contribution in [0.5, 0.6) is 0 Å². The molecule has 4 rings (SSSR count). The number of aromatic nitrogens is 3. The Labute approximate surface area is 181 Å². The lowest BCUT2D eigenvalue weighted by molar-refractivity contribution is -0.122. The smallest absolute Gasteiger partial charge is 0.271 e. The highest BCUT2D eigenvalue weighted by Crippen LogP contribution is 2.30. The van der Waals surface area contributed by atoms with E-state index in [9.17, 15) is 14.4 Å². The van der Waals surface area contributed by atoms with Crippen molar-refractivity contribution in [3.63, 3.8) is 0 Å². The van der Waals surface area contributed by atoms with E-state index in [1.807, 2.05) is 36.6 Å². The van der Waals surface area contributed by atoms with Gasteiger partial charge in [0.05, 0.1) is 17.3 Å². The van der Waals surface area contributed by atoms with Crippen molar-refractivity contribution in [1.29, 1.82) is 0 Å². The van der Waals surface area contributed by atoms with Crippen molar-refractivity contribution in [2.75, 3.05) is 0 Å². The molecule has 0 aliphatic carbocycles. The maximum Gasteiger partial charge on any atom is 0.271 e. The highest BCUT2D eigenvalue weighted by Gasteiger charge is 2.14. The summed E-state index contributed by atoms with van der Waals surface area (Å²) in [4.78, 5) is 46.0. The third kappa shape index (κ3) is 4.51. The second-order valence-corrected chi connectivity index (χ2v) is 7.79. The van der Waals surface area contributed by atoms with Crippen molar-refractivity contribution in [2.45, 2.75) is 19.9 Å². The summed E-state index contributed by atoms with van der Waals surface area (Å²) >= 11 is 1.41. The molecular formula is C22H19N5O3S. The van der Waals surface area contributed by atoms with Gasteiger partial charge in [0.2, 0.25) is 5.91 Å². The van der Waals surface area contributed by atoms with E-state index in [-0.39, 0.29) is 18.5 Å². The summed E-state index contributed by atoms with van der Waals surface area (Å²) in [5.74, 6) is -0.893. The number of thiophene rings is 1. The van der Waals surface area contributed by atoms with Crippen LogP contribution >= 0.6 is 11.3 Å². The Hall–Kier alpha value is -3.85. The van der Waals surface area contributed by atoms with Gasteiger partial charge in [0.1, 0.15) is 4.83 Å². The minimum atomic E-state index is -0.470. The lowest BCUT2D eigenvalue weighted by atomic mass is 10.1. The van der Waals surface area contributed by atoms with Gasteiger partial charge in [0.15, 0.2) is 0 Å². The Bertz CT molecular complexity index is 1300. The summed E-state index contributed by atoms with van der Waals surface area (Å²) in [6.07, 6.45) is 4.40. The molecule has 3 aromatic heterocycles. The first kappa shape index (κ1) is 20.4. The van der Waals surface area contributed by atoms with Gasteiger partial charge < -0.3 is 0 Å². The van der Waals surface area contributed by atoms with Crippen LogP contribution in [0.25, 0.3) is 21.3 Å². The third-order valence-corrected chi connectivity index (χ3v) is 5.63. The molecule has 31 heavy (non-hydrogen) atoms. The van der Waals surface area contributed by atoms with Crippen LogP contribution in [0.3, 0.4) is 0 Å². The van der Waals surface area contributed by atoms with Crippen LogP contribution < -0.4 is 16.4 Å². The van der Waals surface area contributed by atoms with Crippen molar-refractivity contribution in [3.05, 3.63) is 82.0 Å². The van der Waals surface area contributed by atoms with Crippen molar-refractivity contribution in [3.8, 4) is 11.1 Å². The van der Waals surface area contributed by atoms with E-state index in [1.54, 1.807) is 18.3 Å². The van der Waals surface area contributed by atoms with Crippen LogP contribution in [0.2, 0.25) is 0 Å². The van der Waals surface area contributed by atoms with Gasteiger partial charge in [-0.2, -0.15) is 0 Å². The number of carbonyl (C=O) groups excluding carboxylic acids is 2. The number of hydrogen-bond donors (Lipinski definition) is 2. The SMILES string of the molecule is Cc1ccc(-c2csc3ncn(CCC(=O)NNC(=O)c4cccnc4)c(=O)c23)cc1. The molecule has 2 N–H and O–H groups in total. The summed E-state index contributed by atoms with van der Waals surface area (Å²) in [6.45, 7) is 2.15. The third-order valence-electron chi connectivity index (χ3n) is 4.74. The monoisotopic (exact) mass is 433 g/mol. The van der Waals surface area contributed by atoms with E-state index < -0.39 is 11.8 Å². The summed E-state index contributed by atoms with van der Waals surface area (Å²) in [5, 5.41) is 2.47. The van der Waals surface area contributed by atoms with Gasteiger partial charge in [-0.25, -0.2) is 4.98 Å². The van der Waals surface area contributed by atoms with Crippen LogP contribution in [-0.4, -0.2) is 26.3 Å². The van der Waals surface area contributed by atoms with Gasteiger partial charge in [0, 0.05) is 36.3 Å². The lowest BCUT2D eigenvalue weighted by Crippen LogP contribution is -2.42. The zero-order valence-corrected chi connectivity index (χ0v) is 17.5. The van der Waals surface area contributed by atoms with Gasteiger partial charge >= 0.3 is 0 Å². The van der Waals surface area contributed by atoms with Crippen molar-refractivity contribution in [2.24, 2.45) is 0 Å². The topological polar surface area (TPSA) is 106 Å². The predicted molar refractivity (Wildman–Crippen MR) is 119 cm³/mol. The molecule has 2 amide bonds. The lowest BCUT2D eigenvalue weighted by Gasteiger charge is -2.09. The van der Waals surface area contributed by atoms with Crippen LogP contribution in [-0.2, 0) is 11.3 Å². The predicted octanol–water partition coefficient (Wildman–Crippen LogP) is 2.68.